The van der Waals surface area contributed by atoms with E-state index in [0.717, 1.165) is 0 Å². The van der Waals surface area contributed by atoms with E-state index in [-0.39, 0.29) is 11.8 Å². The number of hydrogen-bond donors (Lipinski definition) is 4. The fraction of sp³-hybridized carbons (Fsp3) is 1.00. The number of rotatable bonds is 6. The van der Waals surface area contributed by atoms with Gasteiger partial charge < -0.3 is 0 Å². The van der Waals surface area contributed by atoms with Crippen LogP contribution in [-0.2, 0) is 13.2 Å². The number of aliphatic hydroxyl groups is 4. The van der Waals surface area contributed by atoms with Gasteiger partial charge in [-0.05, 0) is 0 Å². The first-order chi connectivity index (χ1) is 8.24. The van der Waals surface area contributed by atoms with Crippen LogP contribution in [0.15, 0.2) is 0 Å². The molecule has 1 rings (SSSR count). The summed E-state index contributed by atoms with van der Waals surface area (Å²) < 4.78 is 22.1. The van der Waals surface area contributed by atoms with Gasteiger partial charge in [-0.3, -0.25) is 0 Å². The Morgan fingerprint density at radius 2 is 1.94 bits per heavy atom. The second-order valence-corrected chi connectivity index (χ2v) is 12.3. The maximum atomic E-state index is 11.7. The van der Waals surface area contributed by atoms with E-state index in [1.54, 1.807) is 11.4 Å². The molecule has 1 saturated heterocycles. The summed E-state index contributed by atoms with van der Waals surface area (Å²) in [6, 6.07) is 0. The van der Waals surface area contributed by atoms with Gasteiger partial charge in [-0.15, -0.1) is 0 Å². The molecule has 0 amide bonds. The maximum absolute atomic E-state index is 11.7. The van der Waals surface area contributed by atoms with E-state index in [1.807, 2.05) is 0 Å². The van der Waals surface area contributed by atoms with Gasteiger partial charge in [0.25, 0.3) is 0 Å². The molecule has 0 aromatic carbocycles. The Morgan fingerprint density at radius 1 is 1.33 bits per heavy atom. The molecule has 1 fully saturated rings. The second kappa shape index (κ2) is 6.52. The third-order valence-electron chi connectivity index (χ3n) is 2.60. The van der Waals surface area contributed by atoms with Gasteiger partial charge in [-0.2, -0.15) is 0 Å². The summed E-state index contributed by atoms with van der Waals surface area (Å²) in [5.41, 5.74) is 3.26. The minimum atomic E-state index is -2.99. The first-order valence-electron chi connectivity index (χ1n) is 5.70. The van der Waals surface area contributed by atoms with Crippen molar-refractivity contribution in [2.75, 3.05) is 13.2 Å². The first kappa shape index (κ1) is 16.2. The van der Waals surface area contributed by atoms with Crippen molar-refractivity contribution in [1.82, 2.24) is 0 Å². The summed E-state index contributed by atoms with van der Waals surface area (Å²) in [5, 5.41) is 37.3. The zero-order valence-electron chi connectivity index (χ0n) is 10.5. The van der Waals surface area contributed by atoms with Crippen molar-refractivity contribution in [2.24, 2.45) is 0 Å². The quantitative estimate of drug-likeness (QED) is 0.436. The predicted octanol–water partition coefficient (Wildman–Crippen LogP) is -1.56. The molecular formula is C10H21AsO7. The molecule has 1 aliphatic rings. The van der Waals surface area contributed by atoms with Gasteiger partial charge in [0.15, 0.2) is 0 Å². The Morgan fingerprint density at radius 3 is 2.44 bits per heavy atom. The number of aliphatic hydroxyl groups excluding tert-OH is 4. The van der Waals surface area contributed by atoms with Crippen LogP contribution in [0.25, 0.3) is 0 Å². The third kappa shape index (κ3) is 4.66. The van der Waals surface area contributed by atoms with Crippen LogP contribution in [0.4, 0.5) is 0 Å². The molecule has 0 aromatic heterocycles. The van der Waals surface area contributed by atoms with Crippen LogP contribution in [0, 0.1) is 0 Å². The number of ether oxygens (including phenoxy) is 2. The number of hydrogen-bond acceptors (Lipinski definition) is 7. The van der Waals surface area contributed by atoms with Gasteiger partial charge in [-0.25, -0.2) is 0 Å². The van der Waals surface area contributed by atoms with Crippen LogP contribution in [0.1, 0.15) is 0 Å². The van der Waals surface area contributed by atoms with Crippen molar-refractivity contribution in [3.8, 4) is 0 Å². The van der Waals surface area contributed by atoms with Crippen LogP contribution >= 0.6 is 0 Å². The SMILES string of the molecule is C[As](C)(=O)C[C@H]1OC(OCC(O)CO)[C@H](O)[C@@H]1O. The molecule has 0 bridgehead atoms. The summed E-state index contributed by atoms with van der Waals surface area (Å²) in [7, 11) is 0. The van der Waals surface area contributed by atoms with Crippen molar-refractivity contribution >= 4 is 13.5 Å². The second-order valence-electron chi connectivity index (χ2n) is 4.95. The monoisotopic (exact) mass is 328 g/mol. The molecule has 0 aromatic rings. The van der Waals surface area contributed by atoms with Crippen LogP contribution in [0.5, 0.6) is 0 Å². The molecule has 108 valence electrons. The summed E-state index contributed by atoms with van der Waals surface area (Å²) in [6.45, 7) is -0.671. The van der Waals surface area contributed by atoms with Gasteiger partial charge in [0, 0.05) is 0 Å². The van der Waals surface area contributed by atoms with E-state index in [2.05, 4.69) is 0 Å². The van der Waals surface area contributed by atoms with Crippen LogP contribution in [-0.4, -0.2) is 77.8 Å². The minimum absolute atomic E-state index is 0.207. The third-order valence-corrected chi connectivity index (χ3v) is 5.20. The average Bonchev–Trinajstić information content (AvgIpc) is 2.52. The van der Waals surface area contributed by atoms with Gasteiger partial charge in [0.2, 0.25) is 0 Å². The Kier molecular flexibility index (Phi) is 5.86. The van der Waals surface area contributed by atoms with Crippen LogP contribution < -0.4 is 0 Å². The molecule has 2 unspecified atom stereocenters. The molecule has 4 N–H and O–H groups in total. The predicted molar refractivity (Wildman–Crippen MR) is 62.7 cm³/mol. The molecule has 8 heteroatoms. The molecule has 7 nitrogen and oxygen atoms in total. The van der Waals surface area contributed by atoms with Gasteiger partial charge >= 0.3 is 108 Å². The molecule has 0 radical (unpaired) electrons. The average molecular weight is 328 g/mol. The van der Waals surface area contributed by atoms with E-state index in [9.17, 15) is 14.0 Å². The molecule has 0 spiro atoms. The van der Waals surface area contributed by atoms with Crippen molar-refractivity contribution in [1.29, 1.82) is 0 Å². The van der Waals surface area contributed by atoms with E-state index in [1.165, 1.54) is 0 Å². The summed E-state index contributed by atoms with van der Waals surface area (Å²) in [5.74, 6) is 0. The Labute approximate surface area is 108 Å². The molecule has 5 atom stereocenters. The van der Waals surface area contributed by atoms with Gasteiger partial charge in [0.05, 0.1) is 0 Å². The summed E-state index contributed by atoms with van der Waals surface area (Å²) >= 11 is -2.99. The van der Waals surface area contributed by atoms with Crippen molar-refractivity contribution in [3.05, 3.63) is 0 Å². The molecule has 1 heterocycles. The van der Waals surface area contributed by atoms with E-state index in [4.69, 9.17) is 19.7 Å². The molecule has 0 saturated carbocycles. The van der Waals surface area contributed by atoms with E-state index < -0.39 is 50.8 Å². The molecular weight excluding hydrogens is 307 g/mol. The van der Waals surface area contributed by atoms with E-state index in [0.29, 0.717) is 0 Å². The van der Waals surface area contributed by atoms with Crippen LogP contribution in [0.2, 0.25) is 16.6 Å². The first-order valence-corrected chi connectivity index (χ1v) is 11.6. The Hall–Kier alpha value is 0.118. The fourth-order valence-corrected chi connectivity index (χ4v) is 4.15. The standard InChI is InChI=1S/C10H21AsO7/c1-11(2,16)3-7-8(14)9(15)10(18-7)17-5-6(13)4-12/h6-10,12-15H,3-5H2,1-2H3/t6?,7-,8-,9-,10?/m1/s1. The normalized spacial score (nSPS) is 34.8. The zero-order valence-corrected chi connectivity index (χ0v) is 12.3. The van der Waals surface area contributed by atoms with Gasteiger partial charge in [-0.1, -0.05) is 0 Å². The summed E-state index contributed by atoms with van der Waals surface area (Å²) in [4.78, 5) is 0. The zero-order chi connectivity index (χ0) is 13.9. The molecule has 0 aliphatic carbocycles. The van der Waals surface area contributed by atoms with Crippen molar-refractivity contribution < 1.29 is 33.6 Å². The Balaban J connectivity index is 2.51. The molecule has 1 aliphatic heterocycles. The fourth-order valence-electron chi connectivity index (χ4n) is 1.70. The Bertz CT molecular complexity index is 305. The van der Waals surface area contributed by atoms with Crippen molar-refractivity contribution in [2.45, 2.75) is 47.3 Å². The molecule has 18 heavy (non-hydrogen) atoms. The van der Waals surface area contributed by atoms with Crippen LogP contribution in [0.3, 0.4) is 0 Å². The van der Waals surface area contributed by atoms with Crippen molar-refractivity contribution in [3.63, 3.8) is 0 Å². The van der Waals surface area contributed by atoms with E-state index >= 15 is 0 Å². The summed E-state index contributed by atoms with van der Waals surface area (Å²) in [6.07, 6.45) is -5.27. The topological polar surface area (TPSA) is 116 Å². The van der Waals surface area contributed by atoms with Gasteiger partial charge in [0.1, 0.15) is 0 Å².